The minimum atomic E-state index is -9.72. The van der Waals surface area contributed by atoms with Crippen LogP contribution in [0.2, 0.25) is 0 Å². The Morgan fingerprint density at radius 1 is 0.978 bits per heavy atom. The Bertz CT molecular complexity index is 1520. The number of nitrogen functional groups attached to an aromatic ring is 1. The average molecular weight is 714 g/mol. The summed E-state index contributed by atoms with van der Waals surface area (Å²) in [6, 6.07) is 5.91. The number of halogens is 5. The van der Waals surface area contributed by atoms with Gasteiger partial charge in [-0.15, -0.1) is 0 Å². The summed E-state index contributed by atoms with van der Waals surface area (Å²) < 4.78 is 86.5. The Morgan fingerprint density at radius 2 is 1.63 bits per heavy atom. The van der Waals surface area contributed by atoms with Gasteiger partial charge in [-0.3, -0.25) is 4.57 Å². The Labute approximate surface area is 270 Å². The molecule has 9 nitrogen and oxygen atoms in total. The van der Waals surface area contributed by atoms with Crippen molar-refractivity contribution in [2.24, 2.45) is 0 Å². The number of nitrogens with two attached hydrogens (primary N) is 1. The van der Waals surface area contributed by atoms with E-state index in [1.54, 1.807) is 41.7 Å². The van der Waals surface area contributed by atoms with Gasteiger partial charge < -0.3 is 24.5 Å². The highest BCUT2D eigenvalue weighted by atomic mass is 32.5. The number of fused-ring (bicyclic) bond motifs is 1. The number of hydrogen-bond donors (Lipinski definition) is 2. The molecule has 0 bridgehead atoms. The number of hydrogen-bond acceptors (Lipinski definition) is 8. The topological polar surface area (TPSA) is 125 Å². The fourth-order valence-corrected chi connectivity index (χ4v) is 6.60. The van der Waals surface area contributed by atoms with Crippen LogP contribution < -0.4 is 5.73 Å². The molecule has 2 atom stereocenters. The zero-order valence-corrected chi connectivity index (χ0v) is 28.2. The van der Waals surface area contributed by atoms with E-state index in [0.29, 0.717) is 24.1 Å². The van der Waals surface area contributed by atoms with Crippen molar-refractivity contribution in [2.45, 2.75) is 77.4 Å². The second-order valence-electron chi connectivity index (χ2n) is 11.0. The molecular formula is C29H41F5N5O4PS2. The highest BCUT2D eigenvalue weighted by molar-refractivity contribution is 8.49. The van der Waals surface area contributed by atoms with Gasteiger partial charge in [0.15, 0.2) is 11.5 Å². The van der Waals surface area contributed by atoms with Gasteiger partial charge >= 0.3 is 17.8 Å². The third kappa shape index (κ3) is 15.5. The first-order chi connectivity index (χ1) is 21.5. The maximum atomic E-state index is 12.3. The van der Waals surface area contributed by atoms with Crippen LogP contribution in [0, 0.1) is 11.2 Å². The molecule has 1 unspecified atom stereocenters. The SMILES string of the molecule is C[C@H](Cn1cnc2c(N)ncnc21)OCP(=O)(O)OCCCSCCCCCCCCCc1ccc(C#CS(F)(F)(F)(F)F)cc1. The Kier molecular flexibility index (Phi) is 13.3. The molecule has 0 aliphatic heterocycles. The van der Waals surface area contributed by atoms with Crippen LogP contribution in [0.5, 0.6) is 0 Å². The molecule has 3 aromatic rings. The summed E-state index contributed by atoms with van der Waals surface area (Å²) in [6.07, 6.45) is 11.1. The number of ether oxygens (including phenoxy) is 1. The molecule has 2 aromatic heterocycles. The molecule has 17 heteroatoms. The standard InChI is InChI=1S/C29H41F5N5O4PS2/c1-24(20-39-22-38-27-28(35)36-21-37-29(27)39)42-23-44(40,41)43-16-9-18-45-17-8-6-4-2-3-5-7-10-25-11-13-26(14-12-25)15-19-46(30,31,32,33)34/h11-14,21-22,24H,2-10,16-18,20,23H2,1H3,(H,40,41)(H2,35,36,37)/t24-/m1/s1. The third-order valence-electron chi connectivity index (χ3n) is 6.73. The number of aryl methyl sites for hydroxylation is 1. The van der Waals surface area contributed by atoms with Gasteiger partial charge in [-0.2, -0.15) is 11.8 Å². The van der Waals surface area contributed by atoms with E-state index >= 15 is 0 Å². The first-order valence-corrected chi connectivity index (χ1v) is 19.8. The third-order valence-corrected chi connectivity index (χ3v) is 9.43. The van der Waals surface area contributed by atoms with Crippen molar-refractivity contribution in [1.82, 2.24) is 19.5 Å². The molecule has 0 amide bonds. The monoisotopic (exact) mass is 713 g/mol. The molecule has 0 aliphatic rings. The second-order valence-corrected chi connectivity index (χ2v) is 16.1. The fourth-order valence-electron chi connectivity index (χ4n) is 4.42. The molecule has 258 valence electrons. The van der Waals surface area contributed by atoms with Gasteiger partial charge in [0, 0.05) is 5.56 Å². The van der Waals surface area contributed by atoms with E-state index in [1.165, 1.54) is 24.4 Å². The normalized spacial score (nSPS) is 15.5. The molecule has 0 aliphatic carbocycles. The number of thioether (sulfide) groups is 1. The summed E-state index contributed by atoms with van der Waals surface area (Å²) in [6.45, 7) is 2.32. The number of nitrogens with zero attached hydrogens (tertiary/aromatic N) is 4. The lowest BCUT2D eigenvalue weighted by Crippen LogP contribution is -2.17. The van der Waals surface area contributed by atoms with E-state index in [2.05, 4.69) is 15.0 Å². The zero-order chi connectivity index (χ0) is 33.7. The molecule has 0 fully saturated rings. The first kappa shape index (κ1) is 38.0. The summed E-state index contributed by atoms with van der Waals surface area (Å²) >= 11 is 1.79. The lowest BCUT2D eigenvalue weighted by Gasteiger charge is -2.33. The van der Waals surface area contributed by atoms with Gasteiger partial charge in [-0.1, -0.05) is 63.7 Å². The van der Waals surface area contributed by atoms with Crippen LogP contribution in [0.1, 0.15) is 69.4 Å². The number of rotatable bonds is 20. The highest BCUT2D eigenvalue weighted by Gasteiger charge is 2.62. The average Bonchev–Trinajstić information content (AvgIpc) is 3.38. The molecule has 2 heterocycles. The molecule has 0 saturated heterocycles. The summed E-state index contributed by atoms with van der Waals surface area (Å²) in [4.78, 5) is 22.4. The van der Waals surface area contributed by atoms with E-state index in [-0.39, 0.29) is 29.3 Å². The van der Waals surface area contributed by atoms with E-state index in [9.17, 15) is 28.9 Å². The Balaban J connectivity index is 1.13. The van der Waals surface area contributed by atoms with Gasteiger partial charge in [-0.25, -0.2) is 15.0 Å². The lowest BCUT2D eigenvalue weighted by atomic mass is 10.0. The Morgan fingerprint density at radius 3 is 2.33 bits per heavy atom. The van der Waals surface area contributed by atoms with Gasteiger partial charge in [0.25, 0.3) is 0 Å². The van der Waals surface area contributed by atoms with Crippen LogP contribution >= 0.6 is 29.6 Å². The lowest BCUT2D eigenvalue weighted by molar-refractivity contribution is 0.0718. The maximum Gasteiger partial charge on any atom is 0.353 e. The van der Waals surface area contributed by atoms with Gasteiger partial charge in [0.1, 0.15) is 18.2 Å². The molecule has 0 saturated carbocycles. The largest absolute Gasteiger partial charge is 0.382 e. The number of unbranched alkanes of at least 4 members (excludes halogenated alkanes) is 6. The van der Waals surface area contributed by atoms with Gasteiger partial charge in [0.05, 0.1) is 30.8 Å². The van der Waals surface area contributed by atoms with Crippen LogP contribution in [0.4, 0.5) is 25.2 Å². The molecule has 3 N–H and O–H groups in total. The minimum Gasteiger partial charge on any atom is -0.382 e. The molecular weight excluding hydrogens is 672 g/mol. The molecule has 46 heavy (non-hydrogen) atoms. The van der Waals surface area contributed by atoms with Crippen molar-refractivity contribution < 1.29 is 38.1 Å². The summed E-state index contributed by atoms with van der Waals surface area (Å²) in [7, 11) is -13.6. The molecule has 0 radical (unpaired) electrons. The van der Waals surface area contributed by atoms with Crippen molar-refractivity contribution in [1.29, 1.82) is 0 Å². The summed E-state index contributed by atoms with van der Waals surface area (Å²) in [5.74, 6) is 3.65. The maximum absolute atomic E-state index is 12.3. The van der Waals surface area contributed by atoms with Crippen molar-refractivity contribution in [3.8, 4) is 11.2 Å². The number of anilines is 1. The van der Waals surface area contributed by atoms with Gasteiger partial charge in [-0.05, 0) is 67.7 Å². The van der Waals surface area contributed by atoms with Crippen molar-refractivity contribution >= 4 is 46.6 Å². The van der Waals surface area contributed by atoms with E-state index in [0.717, 1.165) is 68.4 Å². The van der Waals surface area contributed by atoms with Crippen molar-refractivity contribution in [3.05, 3.63) is 48.0 Å². The van der Waals surface area contributed by atoms with Crippen LogP contribution in [-0.2, 0) is 26.8 Å². The van der Waals surface area contributed by atoms with E-state index in [4.69, 9.17) is 15.0 Å². The minimum absolute atomic E-state index is 0.0910. The Hall–Kier alpha value is -2.41. The predicted octanol–water partition coefficient (Wildman–Crippen LogP) is 8.68. The fraction of sp³-hybridized carbons (Fsp3) is 0.552. The number of aromatic nitrogens is 4. The molecule has 0 spiro atoms. The van der Waals surface area contributed by atoms with Crippen LogP contribution in [0.3, 0.4) is 0 Å². The summed E-state index contributed by atoms with van der Waals surface area (Å²) in [5.41, 5.74) is 7.69. The van der Waals surface area contributed by atoms with Crippen molar-refractivity contribution in [2.75, 3.05) is 30.2 Å². The van der Waals surface area contributed by atoms with E-state index in [1.807, 2.05) is 0 Å². The first-order valence-electron chi connectivity index (χ1n) is 14.9. The highest BCUT2D eigenvalue weighted by Crippen LogP contribution is 2.97. The predicted molar refractivity (Wildman–Crippen MR) is 175 cm³/mol. The number of benzene rings is 1. The quantitative estimate of drug-likeness (QED) is 0.0512. The molecule has 1 aromatic carbocycles. The zero-order valence-electron chi connectivity index (χ0n) is 25.6. The molecule has 3 rings (SSSR count). The van der Waals surface area contributed by atoms with Gasteiger partial charge in [0.2, 0.25) is 0 Å². The second kappa shape index (κ2) is 16.1. The van der Waals surface area contributed by atoms with Crippen molar-refractivity contribution in [3.63, 3.8) is 0 Å². The smallest absolute Gasteiger partial charge is 0.353 e. The number of imidazole rings is 1. The van der Waals surface area contributed by atoms with Crippen LogP contribution in [-0.4, -0.2) is 55.0 Å². The van der Waals surface area contributed by atoms with E-state index < -0.39 is 24.2 Å². The van der Waals surface area contributed by atoms with Crippen LogP contribution in [0.15, 0.2) is 36.9 Å². The summed E-state index contributed by atoms with van der Waals surface area (Å²) in [5, 5.41) is 0.227. The van der Waals surface area contributed by atoms with Crippen LogP contribution in [0.25, 0.3) is 11.2 Å².